The lowest BCUT2D eigenvalue weighted by molar-refractivity contribution is -0.143. The van der Waals surface area contributed by atoms with Gasteiger partial charge in [-0.05, 0) is 19.1 Å². The summed E-state index contributed by atoms with van der Waals surface area (Å²) in [4.78, 5) is 22.6. The van der Waals surface area contributed by atoms with Crippen molar-refractivity contribution >= 4 is 56.7 Å². The average Bonchev–Trinajstić information content (AvgIpc) is 2.50. The van der Waals surface area contributed by atoms with Gasteiger partial charge in [0.15, 0.2) is 0 Å². The largest absolute Gasteiger partial charge is 0.465 e. The van der Waals surface area contributed by atoms with Gasteiger partial charge in [-0.3, -0.25) is 9.59 Å². The summed E-state index contributed by atoms with van der Waals surface area (Å²) in [5, 5.41) is 2.03. The van der Waals surface area contributed by atoms with Crippen LogP contribution in [0.5, 0.6) is 0 Å². The highest BCUT2D eigenvalue weighted by Gasteiger charge is 2.27. The van der Waals surface area contributed by atoms with Crippen LogP contribution in [0.25, 0.3) is 0 Å². The number of sulfonamides is 1. The molecule has 0 aliphatic rings. The number of carbonyl (C=O) groups excluding carboxylic acids is 2. The van der Waals surface area contributed by atoms with E-state index in [4.69, 9.17) is 34.8 Å². The third-order valence-corrected chi connectivity index (χ3v) is 6.04. The smallest absolute Gasteiger partial charge is 0.325 e. The second kappa shape index (κ2) is 8.87. The average molecular weight is 418 g/mol. The molecule has 11 heteroatoms. The van der Waals surface area contributed by atoms with E-state index in [9.17, 15) is 18.0 Å². The van der Waals surface area contributed by atoms with Crippen LogP contribution in [0.15, 0.2) is 17.0 Å². The molecule has 0 bridgehead atoms. The zero-order chi connectivity index (χ0) is 18.5. The van der Waals surface area contributed by atoms with Crippen LogP contribution in [0, 0.1) is 0 Å². The van der Waals surface area contributed by atoms with Gasteiger partial charge in [0, 0.05) is 7.05 Å². The number of hydrogen-bond acceptors (Lipinski definition) is 5. The second-order valence-electron chi connectivity index (χ2n) is 4.52. The van der Waals surface area contributed by atoms with Crippen LogP contribution in [0.4, 0.5) is 0 Å². The number of likely N-dealkylation sites (N-methyl/N-ethyl adjacent to an activating group) is 1. The van der Waals surface area contributed by atoms with Gasteiger partial charge in [-0.1, -0.05) is 34.8 Å². The normalized spacial score (nSPS) is 11.4. The first-order valence-electron chi connectivity index (χ1n) is 6.63. The molecule has 0 saturated carbocycles. The van der Waals surface area contributed by atoms with Gasteiger partial charge < -0.3 is 10.1 Å². The van der Waals surface area contributed by atoms with E-state index in [0.29, 0.717) is 0 Å². The highest BCUT2D eigenvalue weighted by Crippen LogP contribution is 2.35. The Hall–Kier alpha value is -1.06. The minimum Gasteiger partial charge on any atom is -0.465 e. The van der Waals surface area contributed by atoms with E-state index >= 15 is 0 Å². The summed E-state index contributed by atoms with van der Waals surface area (Å²) in [6, 6.07) is 2.48. The molecule has 1 N–H and O–H groups in total. The topological polar surface area (TPSA) is 92.8 Å². The Kier molecular flexibility index (Phi) is 7.75. The number of carbonyl (C=O) groups is 2. The van der Waals surface area contributed by atoms with Gasteiger partial charge in [-0.15, -0.1) is 0 Å². The van der Waals surface area contributed by atoms with Crippen molar-refractivity contribution in [2.45, 2.75) is 11.8 Å². The molecule has 24 heavy (non-hydrogen) atoms. The van der Waals surface area contributed by atoms with Crippen molar-refractivity contribution in [3.63, 3.8) is 0 Å². The number of halogens is 3. The molecule has 0 heterocycles. The molecular weight excluding hydrogens is 403 g/mol. The first-order chi connectivity index (χ1) is 11.1. The van der Waals surface area contributed by atoms with E-state index < -0.39 is 28.4 Å². The first kappa shape index (κ1) is 21.0. The maximum atomic E-state index is 12.5. The Morgan fingerprint density at radius 3 is 2.42 bits per heavy atom. The van der Waals surface area contributed by atoms with Crippen LogP contribution in [0.2, 0.25) is 15.1 Å². The van der Waals surface area contributed by atoms with Crippen molar-refractivity contribution in [1.82, 2.24) is 9.62 Å². The van der Waals surface area contributed by atoms with Crippen LogP contribution in [0.1, 0.15) is 6.92 Å². The van der Waals surface area contributed by atoms with Crippen molar-refractivity contribution in [3.05, 3.63) is 27.2 Å². The zero-order valence-electron chi connectivity index (χ0n) is 12.8. The predicted octanol–water partition coefficient (Wildman–Crippen LogP) is 1.95. The zero-order valence-corrected chi connectivity index (χ0v) is 15.9. The maximum absolute atomic E-state index is 12.5. The van der Waals surface area contributed by atoms with Crippen molar-refractivity contribution in [3.8, 4) is 0 Å². The molecule has 0 aliphatic heterocycles. The van der Waals surface area contributed by atoms with Gasteiger partial charge in [0.1, 0.15) is 11.4 Å². The molecule has 0 unspecified atom stereocenters. The lowest BCUT2D eigenvalue weighted by Gasteiger charge is -2.18. The lowest BCUT2D eigenvalue weighted by atomic mass is 10.4. The van der Waals surface area contributed by atoms with Crippen LogP contribution in [-0.4, -0.2) is 51.3 Å². The Morgan fingerprint density at radius 2 is 1.83 bits per heavy atom. The van der Waals surface area contributed by atoms with Crippen LogP contribution < -0.4 is 5.32 Å². The number of ether oxygens (including phenoxy) is 1. The van der Waals surface area contributed by atoms with E-state index in [2.05, 4.69) is 10.1 Å². The number of nitrogens with one attached hydrogen (secondary N) is 1. The van der Waals surface area contributed by atoms with E-state index in [1.807, 2.05) is 0 Å². The van der Waals surface area contributed by atoms with Crippen molar-refractivity contribution < 1.29 is 22.7 Å². The highest BCUT2D eigenvalue weighted by atomic mass is 35.5. The second-order valence-corrected chi connectivity index (χ2v) is 7.69. The van der Waals surface area contributed by atoms with E-state index in [0.717, 1.165) is 4.31 Å². The molecule has 1 rings (SSSR count). The van der Waals surface area contributed by atoms with E-state index in [-0.39, 0.29) is 33.1 Å². The maximum Gasteiger partial charge on any atom is 0.325 e. The molecule has 0 atom stereocenters. The molecule has 0 aromatic heterocycles. The van der Waals surface area contributed by atoms with Gasteiger partial charge >= 0.3 is 5.97 Å². The van der Waals surface area contributed by atoms with Crippen LogP contribution in [-0.2, 0) is 24.3 Å². The Bertz CT molecular complexity index is 739. The third-order valence-electron chi connectivity index (χ3n) is 2.79. The summed E-state index contributed by atoms with van der Waals surface area (Å²) < 4.78 is 30.3. The molecule has 7 nitrogen and oxygen atoms in total. The Balaban J connectivity index is 2.83. The monoisotopic (exact) mass is 416 g/mol. The molecule has 0 fully saturated rings. The SMILES string of the molecule is CCOC(=O)CNC(=O)CN(C)S(=O)(=O)c1ccc(Cl)c(Cl)c1Cl. The quantitative estimate of drug-likeness (QED) is 0.541. The summed E-state index contributed by atoms with van der Waals surface area (Å²) in [7, 11) is -2.88. The van der Waals surface area contributed by atoms with E-state index in [1.165, 1.54) is 19.2 Å². The number of amides is 1. The minimum atomic E-state index is -4.07. The standard InChI is InChI=1S/C13H15Cl3N2O5S/c1-3-23-11(20)6-17-10(19)7-18(2)24(21,22)9-5-4-8(14)12(15)13(9)16/h4-5H,3,6-7H2,1-2H3,(H,17,19). The van der Waals surface area contributed by atoms with Crippen molar-refractivity contribution in [2.75, 3.05) is 26.7 Å². The highest BCUT2D eigenvalue weighted by molar-refractivity contribution is 7.89. The molecule has 1 aromatic rings. The van der Waals surface area contributed by atoms with Gasteiger partial charge in [0.25, 0.3) is 0 Å². The molecule has 1 amide bonds. The van der Waals surface area contributed by atoms with Gasteiger partial charge in [0.2, 0.25) is 15.9 Å². The number of esters is 1. The number of benzene rings is 1. The Morgan fingerprint density at radius 1 is 1.21 bits per heavy atom. The third kappa shape index (κ3) is 5.22. The summed E-state index contributed by atoms with van der Waals surface area (Å²) in [6.07, 6.45) is 0. The Labute approximate surface area is 154 Å². The van der Waals surface area contributed by atoms with Crippen molar-refractivity contribution in [1.29, 1.82) is 0 Å². The van der Waals surface area contributed by atoms with Gasteiger partial charge in [0.05, 0.1) is 28.2 Å². The summed E-state index contributed by atoms with van der Waals surface area (Å²) in [5.74, 6) is -1.30. The summed E-state index contributed by atoms with van der Waals surface area (Å²) >= 11 is 17.5. The number of rotatable bonds is 7. The molecule has 0 radical (unpaired) electrons. The number of hydrogen-bond donors (Lipinski definition) is 1. The molecule has 134 valence electrons. The van der Waals surface area contributed by atoms with Crippen LogP contribution >= 0.6 is 34.8 Å². The molecule has 0 spiro atoms. The summed E-state index contributed by atoms with van der Waals surface area (Å²) in [5.41, 5.74) is 0. The van der Waals surface area contributed by atoms with Crippen LogP contribution in [0.3, 0.4) is 0 Å². The fourth-order valence-electron chi connectivity index (χ4n) is 1.60. The summed E-state index contributed by atoms with van der Waals surface area (Å²) in [6.45, 7) is 0.937. The predicted molar refractivity (Wildman–Crippen MR) is 90.9 cm³/mol. The van der Waals surface area contributed by atoms with Gasteiger partial charge in [-0.25, -0.2) is 8.42 Å². The molecule has 0 aliphatic carbocycles. The van der Waals surface area contributed by atoms with E-state index in [1.54, 1.807) is 6.92 Å². The minimum absolute atomic E-state index is 0.0976. The lowest BCUT2D eigenvalue weighted by Crippen LogP contribution is -2.40. The fourth-order valence-corrected chi connectivity index (χ4v) is 3.68. The molecule has 0 saturated heterocycles. The van der Waals surface area contributed by atoms with Gasteiger partial charge in [-0.2, -0.15) is 4.31 Å². The fraction of sp³-hybridized carbons (Fsp3) is 0.385. The molecule has 1 aromatic carbocycles. The number of nitrogens with zero attached hydrogens (tertiary/aromatic N) is 1. The first-order valence-corrected chi connectivity index (χ1v) is 9.20. The van der Waals surface area contributed by atoms with Crippen molar-refractivity contribution in [2.24, 2.45) is 0 Å². The molecular formula is C13H15Cl3N2O5S.